The molecule has 0 spiro atoms. The van der Waals surface area contributed by atoms with Crippen molar-refractivity contribution in [2.24, 2.45) is 0 Å². The van der Waals surface area contributed by atoms with Crippen molar-refractivity contribution in [3.63, 3.8) is 0 Å². The van der Waals surface area contributed by atoms with Gasteiger partial charge in [-0.15, -0.1) is 11.3 Å². The van der Waals surface area contributed by atoms with Crippen LogP contribution in [0, 0.1) is 0 Å². The van der Waals surface area contributed by atoms with Crippen molar-refractivity contribution < 1.29 is 14.3 Å². The molecule has 1 heterocycles. The topological polar surface area (TPSA) is 48.4 Å². The van der Waals surface area contributed by atoms with E-state index in [1.54, 1.807) is 19.4 Å². The lowest BCUT2D eigenvalue weighted by molar-refractivity contribution is -0.148. The highest BCUT2D eigenvalue weighted by Crippen LogP contribution is 2.19. The third kappa shape index (κ3) is 6.01. The quantitative estimate of drug-likeness (QED) is 0.584. The van der Waals surface area contributed by atoms with Gasteiger partial charge in [-0.3, -0.25) is 0 Å². The lowest BCUT2D eigenvalue weighted by atomic mass is 10.2. The van der Waals surface area contributed by atoms with Crippen LogP contribution in [0.25, 0.3) is 18.2 Å². The highest BCUT2D eigenvalue weighted by Gasteiger charge is 2.13. The first kappa shape index (κ1) is 17.9. The minimum Gasteiger partial charge on any atom is -0.497 e. The normalized spacial score (nSPS) is 12.0. The molecule has 126 valence electrons. The van der Waals surface area contributed by atoms with Crippen LogP contribution in [0.5, 0.6) is 5.75 Å². The molecule has 0 saturated carbocycles. The van der Waals surface area contributed by atoms with Gasteiger partial charge in [-0.2, -0.15) is 0 Å². The van der Waals surface area contributed by atoms with Gasteiger partial charge in [-0.25, -0.2) is 9.78 Å². The molecule has 1 aromatic carbocycles. The monoisotopic (exact) mass is 343 g/mol. The Morgan fingerprint density at radius 1 is 1.12 bits per heavy atom. The van der Waals surface area contributed by atoms with Crippen LogP contribution in [0.3, 0.4) is 0 Å². The summed E-state index contributed by atoms with van der Waals surface area (Å²) in [6, 6.07) is 7.78. The van der Waals surface area contributed by atoms with Gasteiger partial charge in [0.25, 0.3) is 0 Å². The largest absolute Gasteiger partial charge is 0.497 e. The summed E-state index contributed by atoms with van der Waals surface area (Å²) >= 11 is 1.50. The first-order valence-corrected chi connectivity index (χ1v) is 8.36. The van der Waals surface area contributed by atoms with Crippen LogP contribution in [0.1, 0.15) is 36.2 Å². The van der Waals surface area contributed by atoms with Crippen LogP contribution in [-0.4, -0.2) is 23.7 Å². The molecule has 0 atom stereocenters. The Kier molecular flexibility index (Phi) is 5.93. The maximum Gasteiger partial charge on any atom is 0.331 e. The highest BCUT2D eigenvalue weighted by molar-refractivity contribution is 7.13. The number of esters is 1. The molecule has 0 aliphatic heterocycles. The lowest BCUT2D eigenvalue weighted by Gasteiger charge is -2.17. The molecule has 0 aliphatic carbocycles. The molecule has 0 unspecified atom stereocenters. The van der Waals surface area contributed by atoms with Crippen molar-refractivity contribution >= 4 is 35.5 Å². The number of nitrogens with zero attached hydrogens (tertiary/aromatic N) is 1. The van der Waals surface area contributed by atoms with E-state index in [1.165, 1.54) is 17.4 Å². The Morgan fingerprint density at radius 3 is 2.46 bits per heavy atom. The predicted molar refractivity (Wildman–Crippen MR) is 98.9 cm³/mol. The van der Waals surface area contributed by atoms with Crippen molar-refractivity contribution in [1.82, 2.24) is 4.98 Å². The molecule has 0 radical (unpaired) electrons. The number of aromatic nitrogens is 1. The Balaban J connectivity index is 1.97. The Labute approximate surface area is 146 Å². The molecule has 2 rings (SSSR count). The third-order valence-corrected chi connectivity index (χ3v) is 3.79. The summed E-state index contributed by atoms with van der Waals surface area (Å²) in [4.78, 5) is 16.9. The molecule has 1 aromatic heterocycles. The van der Waals surface area contributed by atoms with Gasteiger partial charge in [-0.05, 0) is 50.6 Å². The summed E-state index contributed by atoms with van der Waals surface area (Å²) in [6.45, 7) is 5.52. The van der Waals surface area contributed by atoms with Crippen molar-refractivity contribution in [2.45, 2.75) is 26.4 Å². The first-order chi connectivity index (χ1) is 11.4. The molecule has 5 heteroatoms. The minimum atomic E-state index is -0.485. The van der Waals surface area contributed by atoms with E-state index in [-0.39, 0.29) is 5.97 Å². The number of thiazole rings is 1. The Morgan fingerprint density at radius 2 is 1.83 bits per heavy atom. The fourth-order valence-corrected chi connectivity index (χ4v) is 2.55. The summed E-state index contributed by atoms with van der Waals surface area (Å²) in [5.74, 6) is 0.474. The molecule has 0 aliphatic rings. The van der Waals surface area contributed by atoms with Crippen LogP contribution in [-0.2, 0) is 9.53 Å². The van der Waals surface area contributed by atoms with Crippen LogP contribution < -0.4 is 4.74 Å². The number of rotatable bonds is 5. The zero-order valence-corrected chi connectivity index (χ0v) is 15.1. The van der Waals surface area contributed by atoms with Crippen molar-refractivity contribution in [3.8, 4) is 5.75 Å². The summed E-state index contributed by atoms with van der Waals surface area (Å²) in [7, 11) is 1.65. The third-order valence-electron chi connectivity index (χ3n) is 2.87. The van der Waals surface area contributed by atoms with E-state index < -0.39 is 5.60 Å². The molecule has 0 bridgehead atoms. The van der Waals surface area contributed by atoms with Crippen molar-refractivity contribution in [3.05, 3.63) is 52.0 Å². The number of carbonyl (C=O) groups excluding carboxylic acids is 1. The minimum absolute atomic E-state index is 0.355. The standard InChI is InChI=1S/C19H21NO3S/c1-19(2,3)23-18(21)12-10-16-13-20-17(24-16)11-7-14-5-8-15(22-4)9-6-14/h5-13H,1-4H3/b11-7+,12-10+. The zero-order chi connectivity index (χ0) is 17.6. The maximum absolute atomic E-state index is 11.7. The average Bonchev–Trinajstić information content (AvgIpc) is 2.98. The van der Waals surface area contributed by atoms with Gasteiger partial charge in [0.05, 0.1) is 7.11 Å². The van der Waals surface area contributed by atoms with Crippen LogP contribution in [0.15, 0.2) is 36.5 Å². The van der Waals surface area contributed by atoms with Gasteiger partial charge in [0.2, 0.25) is 0 Å². The van der Waals surface area contributed by atoms with Gasteiger partial charge in [0, 0.05) is 17.2 Å². The molecule has 0 amide bonds. The van der Waals surface area contributed by atoms with E-state index in [0.717, 1.165) is 21.2 Å². The second-order valence-electron chi connectivity index (χ2n) is 6.07. The van der Waals surface area contributed by atoms with E-state index in [4.69, 9.17) is 9.47 Å². The lowest BCUT2D eigenvalue weighted by Crippen LogP contribution is -2.22. The van der Waals surface area contributed by atoms with Crippen LogP contribution in [0.2, 0.25) is 0 Å². The molecular weight excluding hydrogens is 322 g/mol. The van der Waals surface area contributed by atoms with Crippen molar-refractivity contribution in [2.75, 3.05) is 7.11 Å². The molecule has 0 saturated heterocycles. The number of hydrogen-bond donors (Lipinski definition) is 0. The molecule has 0 fully saturated rings. The van der Waals surface area contributed by atoms with Gasteiger partial charge >= 0.3 is 5.97 Å². The molecule has 4 nitrogen and oxygen atoms in total. The molecule has 0 N–H and O–H groups in total. The number of methoxy groups -OCH3 is 1. The molecule has 2 aromatic rings. The second-order valence-corrected chi connectivity index (χ2v) is 7.17. The number of ether oxygens (including phenoxy) is 2. The van der Waals surface area contributed by atoms with E-state index in [0.29, 0.717) is 0 Å². The van der Waals surface area contributed by atoms with E-state index in [2.05, 4.69) is 4.98 Å². The van der Waals surface area contributed by atoms with Crippen LogP contribution >= 0.6 is 11.3 Å². The Bertz CT molecular complexity index is 737. The second kappa shape index (κ2) is 7.93. The maximum atomic E-state index is 11.7. The number of benzene rings is 1. The fourth-order valence-electron chi connectivity index (χ4n) is 1.82. The van der Waals surface area contributed by atoms with Crippen LogP contribution in [0.4, 0.5) is 0 Å². The van der Waals surface area contributed by atoms with Crippen molar-refractivity contribution in [1.29, 1.82) is 0 Å². The first-order valence-electron chi connectivity index (χ1n) is 7.55. The SMILES string of the molecule is COc1ccc(/C=C/c2ncc(/C=C/C(=O)OC(C)(C)C)s2)cc1. The predicted octanol–water partition coefficient (Wildman–Crippen LogP) is 4.68. The summed E-state index contributed by atoms with van der Waals surface area (Å²) in [6.07, 6.45) is 8.81. The highest BCUT2D eigenvalue weighted by atomic mass is 32.1. The van der Waals surface area contributed by atoms with E-state index in [1.807, 2.05) is 57.2 Å². The number of carbonyl (C=O) groups is 1. The van der Waals surface area contributed by atoms with Gasteiger partial charge < -0.3 is 9.47 Å². The average molecular weight is 343 g/mol. The number of hydrogen-bond acceptors (Lipinski definition) is 5. The van der Waals surface area contributed by atoms with E-state index in [9.17, 15) is 4.79 Å². The summed E-state index contributed by atoms with van der Waals surface area (Å²) in [5, 5.41) is 0.870. The summed E-state index contributed by atoms with van der Waals surface area (Å²) in [5.41, 5.74) is 0.582. The van der Waals surface area contributed by atoms with Gasteiger partial charge in [-0.1, -0.05) is 18.2 Å². The summed E-state index contributed by atoms with van der Waals surface area (Å²) < 4.78 is 10.4. The Hall–Kier alpha value is -2.40. The smallest absolute Gasteiger partial charge is 0.331 e. The van der Waals surface area contributed by atoms with Gasteiger partial charge in [0.15, 0.2) is 0 Å². The fraction of sp³-hybridized carbons (Fsp3) is 0.263. The zero-order valence-electron chi connectivity index (χ0n) is 14.3. The molecular formula is C19H21NO3S. The van der Waals surface area contributed by atoms with Gasteiger partial charge in [0.1, 0.15) is 16.4 Å². The van der Waals surface area contributed by atoms with E-state index >= 15 is 0 Å². The molecule has 24 heavy (non-hydrogen) atoms.